The number of aromatic hydroxyl groups is 1. The second-order valence-electron chi connectivity index (χ2n) is 4.96. The summed E-state index contributed by atoms with van der Waals surface area (Å²) < 4.78 is 13.7. The largest absolute Gasteiger partial charge is 0.507 e. The number of anilines is 1. The maximum Gasteiger partial charge on any atom is 0.244 e. The zero-order valence-corrected chi connectivity index (χ0v) is 11.9. The van der Waals surface area contributed by atoms with Gasteiger partial charge in [0.25, 0.3) is 0 Å². The number of carbonyl (C=O) groups excluding carboxylic acids is 1. The summed E-state index contributed by atoms with van der Waals surface area (Å²) in [6, 6.07) is 8.50. The van der Waals surface area contributed by atoms with E-state index in [2.05, 4.69) is 5.32 Å². The highest BCUT2D eigenvalue weighted by Gasteiger charge is 2.20. The standard InChI is InChI=1S/C16H17FN2O2/c1-9-7-11(8-10(2)15(9)20)14(16(18)21)19-13-6-4-3-5-12(13)17/h3-8,14,19-20H,1-2H3,(H2,18,21). The van der Waals surface area contributed by atoms with Crippen LogP contribution in [-0.2, 0) is 4.79 Å². The highest BCUT2D eigenvalue weighted by molar-refractivity contribution is 5.84. The van der Waals surface area contributed by atoms with Gasteiger partial charge in [-0.3, -0.25) is 4.79 Å². The number of halogens is 1. The van der Waals surface area contributed by atoms with Crippen LogP contribution in [0.2, 0.25) is 0 Å². The van der Waals surface area contributed by atoms with Crippen molar-refractivity contribution in [2.75, 3.05) is 5.32 Å². The van der Waals surface area contributed by atoms with Crippen LogP contribution in [0.15, 0.2) is 36.4 Å². The summed E-state index contributed by atoms with van der Waals surface area (Å²) in [5, 5.41) is 12.6. The fourth-order valence-corrected chi connectivity index (χ4v) is 2.21. The molecule has 0 heterocycles. The van der Waals surface area contributed by atoms with Gasteiger partial charge in [-0.25, -0.2) is 4.39 Å². The van der Waals surface area contributed by atoms with Crippen molar-refractivity contribution in [3.05, 3.63) is 58.9 Å². The Bertz CT molecular complexity index is 663. The van der Waals surface area contributed by atoms with Gasteiger partial charge in [-0.2, -0.15) is 0 Å². The lowest BCUT2D eigenvalue weighted by Gasteiger charge is -2.19. The van der Waals surface area contributed by atoms with Gasteiger partial charge in [-0.05, 0) is 54.8 Å². The molecule has 1 unspecified atom stereocenters. The van der Waals surface area contributed by atoms with Crippen molar-refractivity contribution >= 4 is 11.6 Å². The van der Waals surface area contributed by atoms with Crippen molar-refractivity contribution in [3.63, 3.8) is 0 Å². The van der Waals surface area contributed by atoms with Crippen molar-refractivity contribution in [2.45, 2.75) is 19.9 Å². The summed E-state index contributed by atoms with van der Waals surface area (Å²) >= 11 is 0. The van der Waals surface area contributed by atoms with Crippen LogP contribution in [0.3, 0.4) is 0 Å². The molecule has 0 aromatic heterocycles. The lowest BCUT2D eigenvalue weighted by molar-refractivity contribution is -0.118. The molecule has 0 aliphatic heterocycles. The molecule has 0 bridgehead atoms. The predicted octanol–water partition coefficient (Wildman–Crippen LogP) is 2.79. The third-order valence-electron chi connectivity index (χ3n) is 3.30. The number of benzene rings is 2. The molecule has 0 fully saturated rings. The van der Waals surface area contributed by atoms with Crippen LogP contribution in [0.4, 0.5) is 10.1 Å². The van der Waals surface area contributed by atoms with Crippen molar-refractivity contribution in [3.8, 4) is 5.75 Å². The number of nitrogens with two attached hydrogens (primary N) is 1. The first-order valence-corrected chi connectivity index (χ1v) is 6.50. The predicted molar refractivity (Wildman–Crippen MR) is 79.5 cm³/mol. The van der Waals surface area contributed by atoms with Crippen molar-refractivity contribution in [2.24, 2.45) is 5.73 Å². The molecule has 2 aromatic rings. The molecule has 0 aliphatic rings. The van der Waals surface area contributed by atoms with Crippen LogP contribution in [0, 0.1) is 19.7 Å². The zero-order chi connectivity index (χ0) is 15.6. The van der Waals surface area contributed by atoms with Crippen LogP contribution in [-0.4, -0.2) is 11.0 Å². The maximum absolute atomic E-state index is 13.7. The summed E-state index contributed by atoms with van der Waals surface area (Å²) in [5.74, 6) is -0.911. The highest BCUT2D eigenvalue weighted by atomic mass is 19.1. The van der Waals surface area contributed by atoms with Crippen LogP contribution >= 0.6 is 0 Å². The smallest absolute Gasteiger partial charge is 0.244 e. The van der Waals surface area contributed by atoms with Gasteiger partial charge in [-0.1, -0.05) is 12.1 Å². The van der Waals surface area contributed by atoms with Gasteiger partial charge in [0.2, 0.25) is 5.91 Å². The van der Waals surface area contributed by atoms with E-state index in [0.717, 1.165) is 0 Å². The van der Waals surface area contributed by atoms with Crippen LogP contribution in [0.1, 0.15) is 22.7 Å². The first-order chi connectivity index (χ1) is 9.90. The van der Waals surface area contributed by atoms with Crippen molar-refractivity contribution in [1.82, 2.24) is 0 Å². The Morgan fingerprint density at radius 1 is 1.24 bits per heavy atom. The van der Waals surface area contributed by atoms with E-state index in [1.54, 1.807) is 38.1 Å². The summed E-state index contributed by atoms with van der Waals surface area (Å²) in [6.45, 7) is 3.46. The van der Waals surface area contributed by atoms with E-state index in [4.69, 9.17) is 5.73 Å². The maximum atomic E-state index is 13.7. The Morgan fingerprint density at radius 3 is 2.33 bits per heavy atom. The van der Waals surface area contributed by atoms with Gasteiger partial charge in [0.05, 0.1) is 5.69 Å². The Morgan fingerprint density at radius 2 is 1.81 bits per heavy atom. The second kappa shape index (κ2) is 5.83. The van der Waals surface area contributed by atoms with E-state index in [1.807, 2.05) is 0 Å². The number of hydrogen-bond acceptors (Lipinski definition) is 3. The molecule has 0 saturated carbocycles. The number of amides is 1. The molecule has 21 heavy (non-hydrogen) atoms. The minimum absolute atomic E-state index is 0.174. The molecule has 4 nitrogen and oxygen atoms in total. The molecule has 4 N–H and O–H groups in total. The molecule has 0 radical (unpaired) electrons. The quantitative estimate of drug-likeness (QED) is 0.809. The number of para-hydroxylation sites is 1. The number of rotatable bonds is 4. The molecule has 110 valence electrons. The fourth-order valence-electron chi connectivity index (χ4n) is 2.21. The molecular weight excluding hydrogens is 271 g/mol. The van der Waals surface area contributed by atoms with Crippen LogP contribution in [0.5, 0.6) is 5.75 Å². The normalized spacial score (nSPS) is 12.0. The van der Waals surface area contributed by atoms with Gasteiger partial charge in [0.1, 0.15) is 17.6 Å². The number of nitrogens with one attached hydrogen (secondary N) is 1. The van der Waals surface area contributed by atoms with Crippen LogP contribution < -0.4 is 11.1 Å². The highest BCUT2D eigenvalue weighted by Crippen LogP contribution is 2.28. The number of primary amides is 1. The number of phenols is 1. The number of hydrogen-bond donors (Lipinski definition) is 3. The molecule has 1 atom stereocenters. The fraction of sp³-hybridized carbons (Fsp3) is 0.188. The average Bonchev–Trinajstić information content (AvgIpc) is 2.43. The number of carbonyl (C=O) groups is 1. The first kappa shape index (κ1) is 14.8. The third-order valence-corrected chi connectivity index (χ3v) is 3.30. The molecule has 1 amide bonds. The second-order valence-corrected chi connectivity index (χ2v) is 4.96. The van der Waals surface area contributed by atoms with E-state index < -0.39 is 17.8 Å². The monoisotopic (exact) mass is 288 g/mol. The molecule has 5 heteroatoms. The van der Waals surface area contributed by atoms with E-state index in [9.17, 15) is 14.3 Å². The van der Waals surface area contributed by atoms with Crippen molar-refractivity contribution in [1.29, 1.82) is 0 Å². The molecular formula is C16H17FN2O2. The van der Waals surface area contributed by atoms with E-state index in [-0.39, 0.29) is 11.4 Å². The van der Waals surface area contributed by atoms with Crippen molar-refractivity contribution < 1.29 is 14.3 Å². The Kier molecular flexibility index (Phi) is 4.12. The minimum atomic E-state index is -0.875. The lowest BCUT2D eigenvalue weighted by Crippen LogP contribution is -2.28. The number of phenolic OH excluding ortho intramolecular Hbond substituents is 1. The Balaban J connectivity index is 2.41. The summed E-state index contributed by atoms with van der Waals surface area (Å²) in [4.78, 5) is 11.7. The molecule has 0 spiro atoms. The molecule has 0 saturated heterocycles. The molecule has 2 rings (SSSR count). The average molecular weight is 288 g/mol. The molecule has 2 aromatic carbocycles. The topological polar surface area (TPSA) is 75.3 Å². The van der Waals surface area contributed by atoms with Crippen LogP contribution in [0.25, 0.3) is 0 Å². The Hall–Kier alpha value is -2.56. The lowest BCUT2D eigenvalue weighted by atomic mass is 9.99. The summed E-state index contributed by atoms with van der Waals surface area (Å²) in [6.07, 6.45) is 0. The van der Waals surface area contributed by atoms with E-state index in [0.29, 0.717) is 16.7 Å². The SMILES string of the molecule is Cc1cc(C(Nc2ccccc2F)C(N)=O)cc(C)c1O. The first-order valence-electron chi connectivity index (χ1n) is 6.50. The van der Waals surface area contributed by atoms with E-state index in [1.165, 1.54) is 12.1 Å². The summed E-state index contributed by atoms with van der Waals surface area (Å²) in [7, 11) is 0. The van der Waals surface area contributed by atoms with Gasteiger partial charge in [0.15, 0.2) is 0 Å². The van der Waals surface area contributed by atoms with Gasteiger partial charge >= 0.3 is 0 Å². The molecule has 0 aliphatic carbocycles. The Labute approximate surface area is 122 Å². The van der Waals surface area contributed by atoms with E-state index >= 15 is 0 Å². The third kappa shape index (κ3) is 3.13. The van der Waals surface area contributed by atoms with Gasteiger partial charge in [-0.15, -0.1) is 0 Å². The zero-order valence-electron chi connectivity index (χ0n) is 11.9. The van der Waals surface area contributed by atoms with Gasteiger partial charge < -0.3 is 16.2 Å². The van der Waals surface area contributed by atoms with Gasteiger partial charge in [0, 0.05) is 0 Å². The summed E-state index contributed by atoms with van der Waals surface area (Å²) in [5.41, 5.74) is 7.46. The number of aryl methyl sites for hydroxylation is 2. The minimum Gasteiger partial charge on any atom is -0.507 e.